The number of nitrogens with one attached hydrogen (secondary N) is 1. The van der Waals surface area contributed by atoms with E-state index in [1.165, 1.54) is 6.07 Å². The normalized spacial score (nSPS) is 12.2. The molecule has 0 fully saturated rings. The third kappa shape index (κ3) is 4.79. The Morgan fingerprint density at radius 3 is 2.78 bits per heavy atom. The first kappa shape index (κ1) is 14.6. The number of rotatable bonds is 6. The lowest BCUT2D eigenvalue weighted by Gasteiger charge is -2.10. The summed E-state index contributed by atoms with van der Waals surface area (Å²) in [6.07, 6.45) is 0.678. The van der Waals surface area contributed by atoms with E-state index in [-0.39, 0.29) is 18.5 Å². The number of amides is 1. The van der Waals surface area contributed by atoms with Crippen molar-refractivity contribution in [2.45, 2.75) is 32.3 Å². The molecule has 1 aromatic carbocycles. The van der Waals surface area contributed by atoms with Gasteiger partial charge in [-0.25, -0.2) is 8.78 Å². The SMILES string of the molecule is CCCC(O)CNC(=O)Cc1ccc(F)cc1F. The molecular formula is C13H17F2NO2. The lowest BCUT2D eigenvalue weighted by Crippen LogP contribution is -2.33. The van der Waals surface area contributed by atoms with Crippen molar-refractivity contribution in [2.24, 2.45) is 0 Å². The molecule has 3 nitrogen and oxygen atoms in total. The summed E-state index contributed by atoms with van der Waals surface area (Å²) in [7, 11) is 0. The van der Waals surface area contributed by atoms with Crippen LogP contribution in [-0.4, -0.2) is 23.7 Å². The van der Waals surface area contributed by atoms with E-state index in [4.69, 9.17) is 0 Å². The molecule has 0 heterocycles. The summed E-state index contributed by atoms with van der Waals surface area (Å²) in [5, 5.41) is 11.9. The minimum absolute atomic E-state index is 0.138. The Hall–Kier alpha value is -1.49. The van der Waals surface area contributed by atoms with Crippen LogP contribution in [0.4, 0.5) is 8.78 Å². The fraction of sp³-hybridized carbons (Fsp3) is 0.462. The Labute approximate surface area is 105 Å². The monoisotopic (exact) mass is 257 g/mol. The molecule has 1 amide bonds. The Kier molecular flexibility index (Phi) is 5.71. The van der Waals surface area contributed by atoms with Gasteiger partial charge >= 0.3 is 0 Å². The molecule has 0 aromatic heterocycles. The largest absolute Gasteiger partial charge is 0.391 e. The number of hydrogen-bond donors (Lipinski definition) is 2. The van der Waals surface area contributed by atoms with Crippen LogP contribution in [0.15, 0.2) is 18.2 Å². The summed E-state index contributed by atoms with van der Waals surface area (Å²) in [4.78, 5) is 11.5. The van der Waals surface area contributed by atoms with Crippen LogP contribution in [0.1, 0.15) is 25.3 Å². The van der Waals surface area contributed by atoms with Gasteiger partial charge in [-0.15, -0.1) is 0 Å². The molecule has 1 rings (SSSR count). The van der Waals surface area contributed by atoms with E-state index in [0.29, 0.717) is 6.42 Å². The first-order valence-electron chi connectivity index (χ1n) is 5.91. The third-order valence-corrected chi connectivity index (χ3v) is 2.52. The standard InChI is InChI=1S/C13H17F2NO2/c1-2-3-11(17)8-16-13(18)6-9-4-5-10(14)7-12(9)15/h4-5,7,11,17H,2-3,6,8H2,1H3,(H,16,18). The number of carbonyl (C=O) groups excluding carboxylic acids is 1. The molecule has 0 radical (unpaired) electrons. The van der Waals surface area contributed by atoms with Gasteiger partial charge in [0.05, 0.1) is 12.5 Å². The zero-order chi connectivity index (χ0) is 13.5. The van der Waals surface area contributed by atoms with Crippen LogP contribution in [0.5, 0.6) is 0 Å². The van der Waals surface area contributed by atoms with E-state index in [1.54, 1.807) is 0 Å². The summed E-state index contributed by atoms with van der Waals surface area (Å²) in [5.41, 5.74) is 0.138. The zero-order valence-corrected chi connectivity index (χ0v) is 10.2. The van der Waals surface area contributed by atoms with E-state index in [1.807, 2.05) is 6.92 Å². The van der Waals surface area contributed by atoms with Gasteiger partial charge in [0.1, 0.15) is 11.6 Å². The van der Waals surface area contributed by atoms with Crippen molar-refractivity contribution < 1.29 is 18.7 Å². The average Bonchev–Trinajstić information content (AvgIpc) is 2.31. The lowest BCUT2D eigenvalue weighted by atomic mass is 10.1. The molecule has 1 atom stereocenters. The second-order valence-electron chi connectivity index (χ2n) is 4.16. The molecule has 0 aliphatic heterocycles. The van der Waals surface area contributed by atoms with Crippen molar-refractivity contribution in [1.82, 2.24) is 5.32 Å². The number of benzene rings is 1. The predicted octanol–water partition coefficient (Wildman–Crippen LogP) is 1.78. The molecular weight excluding hydrogens is 240 g/mol. The van der Waals surface area contributed by atoms with Gasteiger partial charge in [-0.05, 0) is 18.1 Å². The highest BCUT2D eigenvalue weighted by atomic mass is 19.1. The molecule has 1 unspecified atom stereocenters. The average molecular weight is 257 g/mol. The summed E-state index contributed by atoms with van der Waals surface area (Å²) in [6.45, 7) is 2.08. The third-order valence-electron chi connectivity index (χ3n) is 2.52. The number of carbonyl (C=O) groups is 1. The van der Waals surface area contributed by atoms with Gasteiger partial charge < -0.3 is 10.4 Å². The highest BCUT2D eigenvalue weighted by Crippen LogP contribution is 2.10. The van der Waals surface area contributed by atoms with Gasteiger partial charge in [-0.2, -0.15) is 0 Å². The molecule has 5 heteroatoms. The molecule has 18 heavy (non-hydrogen) atoms. The van der Waals surface area contributed by atoms with Crippen LogP contribution < -0.4 is 5.32 Å². The molecule has 100 valence electrons. The number of halogens is 2. The van der Waals surface area contributed by atoms with Gasteiger partial charge in [-0.3, -0.25) is 4.79 Å². The van der Waals surface area contributed by atoms with Gasteiger partial charge in [0.25, 0.3) is 0 Å². The molecule has 1 aromatic rings. The predicted molar refractivity (Wildman–Crippen MR) is 64.0 cm³/mol. The van der Waals surface area contributed by atoms with Crippen molar-refractivity contribution in [3.8, 4) is 0 Å². The van der Waals surface area contributed by atoms with E-state index in [9.17, 15) is 18.7 Å². The molecule has 0 aliphatic carbocycles. The minimum atomic E-state index is -0.737. The van der Waals surface area contributed by atoms with E-state index < -0.39 is 23.6 Å². The Bertz CT molecular complexity index is 410. The van der Waals surface area contributed by atoms with Crippen LogP contribution in [-0.2, 0) is 11.2 Å². The maximum atomic E-state index is 13.3. The van der Waals surface area contributed by atoms with E-state index >= 15 is 0 Å². The van der Waals surface area contributed by atoms with Crippen molar-refractivity contribution >= 4 is 5.91 Å². The summed E-state index contributed by atoms with van der Waals surface area (Å²) in [5.74, 6) is -1.80. The fourth-order valence-electron chi connectivity index (χ4n) is 1.57. The van der Waals surface area contributed by atoms with Crippen molar-refractivity contribution in [3.63, 3.8) is 0 Å². The quantitative estimate of drug-likeness (QED) is 0.816. The van der Waals surface area contributed by atoms with Crippen LogP contribution in [0.2, 0.25) is 0 Å². The zero-order valence-electron chi connectivity index (χ0n) is 10.2. The summed E-state index contributed by atoms with van der Waals surface area (Å²) < 4.78 is 25.9. The Balaban J connectivity index is 2.44. The second kappa shape index (κ2) is 7.06. The van der Waals surface area contributed by atoms with Crippen molar-refractivity contribution in [2.75, 3.05) is 6.54 Å². The van der Waals surface area contributed by atoms with E-state index in [2.05, 4.69) is 5.32 Å². The highest BCUT2D eigenvalue weighted by molar-refractivity contribution is 5.78. The molecule has 0 spiro atoms. The number of aliphatic hydroxyl groups is 1. The second-order valence-corrected chi connectivity index (χ2v) is 4.16. The van der Waals surface area contributed by atoms with Crippen LogP contribution in [0.3, 0.4) is 0 Å². The fourth-order valence-corrected chi connectivity index (χ4v) is 1.57. The summed E-state index contributed by atoms with van der Waals surface area (Å²) >= 11 is 0. The molecule has 0 saturated heterocycles. The van der Waals surface area contributed by atoms with Crippen LogP contribution in [0.25, 0.3) is 0 Å². The first-order valence-corrected chi connectivity index (χ1v) is 5.91. The Morgan fingerprint density at radius 1 is 1.44 bits per heavy atom. The summed E-state index contributed by atoms with van der Waals surface area (Å²) in [6, 6.07) is 3.10. The number of hydrogen-bond acceptors (Lipinski definition) is 2. The van der Waals surface area contributed by atoms with Gasteiger partial charge in [0, 0.05) is 12.6 Å². The molecule has 0 saturated carbocycles. The molecule has 0 bridgehead atoms. The Morgan fingerprint density at radius 2 is 2.17 bits per heavy atom. The van der Waals surface area contributed by atoms with Gasteiger partial charge in [0.2, 0.25) is 5.91 Å². The van der Waals surface area contributed by atoms with Gasteiger partial charge in [-0.1, -0.05) is 19.4 Å². The topological polar surface area (TPSA) is 49.3 Å². The van der Waals surface area contributed by atoms with Crippen LogP contribution >= 0.6 is 0 Å². The smallest absolute Gasteiger partial charge is 0.224 e. The molecule has 0 aliphatic rings. The first-order chi connectivity index (χ1) is 8.52. The maximum Gasteiger partial charge on any atom is 0.224 e. The number of aliphatic hydroxyl groups excluding tert-OH is 1. The molecule has 2 N–H and O–H groups in total. The highest BCUT2D eigenvalue weighted by Gasteiger charge is 2.10. The van der Waals surface area contributed by atoms with Crippen LogP contribution in [0, 0.1) is 11.6 Å². The lowest BCUT2D eigenvalue weighted by molar-refractivity contribution is -0.120. The van der Waals surface area contributed by atoms with Gasteiger partial charge in [0.15, 0.2) is 0 Å². The van der Waals surface area contributed by atoms with Crippen molar-refractivity contribution in [3.05, 3.63) is 35.4 Å². The minimum Gasteiger partial charge on any atom is -0.391 e. The van der Waals surface area contributed by atoms with Crippen molar-refractivity contribution in [1.29, 1.82) is 0 Å². The van der Waals surface area contributed by atoms with E-state index in [0.717, 1.165) is 18.6 Å². The maximum absolute atomic E-state index is 13.3.